The van der Waals surface area contributed by atoms with Crippen LogP contribution in [-0.4, -0.2) is 57.0 Å². The number of likely N-dealkylation sites (tertiary alicyclic amines) is 1. The predicted molar refractivity (Wildman–Crippen MR) is 253 cm³/mol. The lowest BCUT2D eigenvalue weighted by atomic mass is 9.67. The standard InChI is InChI=1S/C55H58ClFN2O4/c1-6-28-55(34-39-14-7-12-21-45(39)57)49-42-19-10-8-17-40(42)41-18-9-11-20-43(41)52(49)59(31-27-48(62)63)53(55)36(4)33-38-16-13-15-37(51(38)56)23-25-46-50-44(24-22-35(2)3)54(50,5)29-32-58(46)30-26-47(60)61/h1,7-12,14,17-21,23,25,33,35,44,50H,13,15-16,22,24,26-32,34H2,2-5H3,(H-,60,61,62,63)/p+1/t44?,50?,54-,55?/m0/s1. The summed E-state index contributed by atoms with van der Waals surface area (Å²) >= 11 is 7.47. The predicted octanol–water partition coefficient (Wildman–Crippen LogP) is 12.5. The van der Waals surface area contributed by atoms with E-state index in [2.05, 4.69) is 85.6 Å². The normalized spacial score (nSPS) is 24.7. The summed E-state index contributed by atoms with van der Waals surface area (Å²) in [6.45, 7) is 10.6. The van der Waals surface area contributed by atoms with Crippen molar-refractivity contribution in [3.8, 4) is 12.3 Å². The Hall–Kier alpha value is -5.45. The Morgan fingerprint density at radius 3 is 2.32 bits per heavy atom. The summed E-state index contributed by atoms with van der Waals surface area (Å²) in [5.41, 5.74) is 6.76. The number of allylic oxidation sites excluding steroid dienone is 8. The first kappa shape index (κ1) is 44.2. The van der Waals surface area contributed by atoms with Crippen LogP contribution in [0.5, 0.6) is 0 Å². The molecule has 6 nitrogen and oxygen atoms in total. The van der Waals surface area contributed by atoms with E-state index in [1.165, 1.54) is 24.6 Å². The van der Waals surface area contributed by atoms with Gasteiger partial charge in [0.2, 0.25) is 5.69 Å². The van der Waals surface area contributed by atoms with Crippen molar-refractivity contribution in [1.82, 2.24) is 4.90 Å². The number of piperidine rings is 1. The molecular formula is C55H59ClFN2O4+. The van der Waals surface area contributed by atoms with E-state index >= 15 is 4.39 Å². The molecule has 2 N–H and O–H groups in total. The molecule has 0 radical (unpaired) electrons. The molecule has 2 aliphatic carbocycles. The molecule has 4 aromatic rings. The second-order valence-electron chi connectivity index (χ2n) is 18.9. The molecule has 4 aromatic carbocycles. The summed E-state index contributed by atoms with van der Waals surface area (Å²) in [6.07, 6.45) is 19.3. The average molecular weight is 867 g/mol. The van der Waals surface area contributed by atoms with Crippen molar-refractivity contribution in [3.05, 3.63) is 135 Å². The highest BCUT2D eigenvalue weighted by Gasteiger charge is 2.64. The lowest BCUT2D eigenvalue weighted by Gasteiger charge is -2.34. The zero-order valence-electron chi connectivity index (χ0n) is 37.0. The van der Waals surface area contributed by atoms with Crippen LogP contribution in [0.15, 0.2) is 118 Å². The summed E-state index contributed by atoms with van der Waals surface area (Å²) in [5.74, 6) is 2.61. The minimum atomic E-state index is -0.927. The van der Waals surface area contributed by atoms with Crippen molar-refractivity contribution in [2.24, 2.45) is 23.2 Å². The molecule has 2 fully saturated rings. The topological polar surface area (TPSA) is 80.9 Å². The zero-order valence-corrected chi connectivity index (χ0v) is 37.8. The first-order valence-corrected chi connectivity index (χ1v) is 23.1. The van der Waals surface area contributed by atoms with Gasteiger partial charge < -0.3 is 15.1 Å². The van der Waals surface area contributed by atoms with Gasteiger partial charge in [0.05, 0.1) is 17.4 Å². The lowest BCUT2D eigenvalue weighted by Crippen LogP contribution is -2.39. The van der Waals surface area contributed by atoms with Gasteiger partial charge in [0.1, 0.15) is 17.7 Å². The quantitative estimate of drug-likeness (QED) is 0.0707. The maximum atomic E-state index is 16.0. The average Bonchev–Trinajstić information content (AvgIpc) is 3.76. The fourth-order valence-electron chi connectivity index (χ4n) is 11.6. The van der Waals surface area contributed by atoms with Crippen LogP contribution in [-0.2, 0) is 21.4 Å². The largest absolute Gasteiger partial charge is 0.481 e. The van der Waals surface area contributed by atoms with Crippen molar-refractivity contribution < 1.29 is 28.8 Å². The van der Waals surface area contributed by atoms with E-state index in [1.807, 2.05) is 36.4 Å². The molecule has 0 amide bonds. The van der Waals surface area contributed by atoms with Gasteiger partial charge in [-0.25, -0.2) is 4.39 Å². The van der Waals surface area contributed by atoms with Gasteiger partial charge >= 0.3 is 11.9 Å². The van der Waals surface area contributed by atoms with Crippen LogP contribution in [0.1, 0.15) is 96.6 Å². The van der Waals surface area contributed by atoms with Crippen molar-refractivity contribution in [2.45, 2.75) is 97.3 Å². The van der Waals surface area contributed by atoms with E-state index in [4.69, 9.17) is 18.0 Å². The Labute approximate surface area is 376 Å². The van der Waals surface area contributed by atoms with E-state index in [0.29, 0.717) is 34.9 Å². The number of rotatable bonds is 15. The number of carboxylic acid groups (broad SMARTS) is 2. The Morgan fingerprint density at radius 2 is 1.63 bits per heavy atom. The molecule has 1 saturated carbocycles. The van der Waals surface area contributed by atoms with Crippen LogP contribution < -0.4 is 0 Å². The van der Waals surface area contributed by atoms with Crippen LogP contribution in [0, 0.1) is 41.3 Å². The molecule has 63 heavy (non-hydrogen) atoms. The summed E-state index contributed by atoms with van der Waals surface area (Å²) in [6, 6.07) is 23.4. The molecule has 0 spiro atoms. The van der Waals surface area contributed by atoms with Crippen molar-refractivity contribution in [3.63, 3.8) is 0 Å². The number of terminal acetylenes is 1. The molecule has 3 unspecified atom stereocenters. The Bertz CT molecular complexity index is 2700. The van der Waals surface area contributed by atoms with Gasteiger partial charge in [-0.3, -0.25) is 9.59 Å². The van der Waals surface area contributed by atoms with Gasteiger partial charge in [0.25, 0.3) is 0 Å². The minimum absolute atomic E-state index is 0.0960. The summed E-state index contributed by atoms with van der Waals surface area (Å²) in [5, 5.41) is 24.6. The fraction of sp³-hybridized carbons (Fsp3) is 0.400. The number of carbonyl (C=O) groups is 2. The SMILES string of the molecule is C#CCC1(Cc2ccccc2F)C(/C(C)=C/C2=C(Cl)C(=C/C=C3/C4C(CCC(C)C)[C@]4(C)CCN3CCC(=O)O)/CCC2)=[N+](CCC(=O)O)c2c1c1ccccc1c1ccccc21. The molecule has 8 rings (SSSR count). The van der Waals surface area contributed by atoms with E-state index in [9.17, 15) is 19.8 Å². The second-order valence-corrected chi connectivity index (χ2v) is 19.3. The van der Waals surface area contributed by atoms with Gasteiger partial charge in [0.15, 0.2) is 12.3 Å². The zero-order chi connectivity index (χ0) is 44.6. The number of benzene rings is 4. The summed E-state index contributed by atoms with van der Waals surface area (Å²) in [4.78, 5) is 26.4. The first-order chi connectivity index (χ1) is 30.3. The van der Waals surface area contributed by atoms with Crippen molar-refractivity contribution >= 4 is 56.5 Å². The first-order valence-electron chi connectivity index (χ1n) is 22.7. The molecular weight excluding hydrogens is 807 g/mol. The van der Waals surface area contributed by atoms with Crippen molar-refractivity contribution in [2.75, 3.05) is 19.6 Å². The van der Waals surface area contributed by atoms with E-state index in [0.717, 1.165) is 87.5 Å². The number of hydrogen-bond acceptors (Lipinski definition) is 3. The smallest absolute Gasteiger partial charge is 0.309 e. The summed E-state index contributed by atoms with van der Waals surface area (Å²) < 4.78 is 18.1. The molecule has 2 heterocycles. The fourth-order valence-corrected chi connectivity index (χ4v) is 11.9. The minimum Gasteiger partial charge on any atom is -0.481 e. The summed E-state index contributed by atoms with van der Waals surface area (Å²) in [7, 11) is 0. The van der Waals surface area contributed by atoms with Crippen LogP contribution in [0.25, 0.3) is 21.5 Å². The maximum Gasteiger partial charge on any atom is 0.309 e. The van der Waals surface area contributed by atoms with E-state index in [1.54, 1.807) is 6.07 Å². The third-order valence-corrected chi connectivity index (χ3v) is 15.0. The highest BCUT2D eigenvalue weighted by molar-refractivity contribution is 6.32. The number of halogens is 2. The molecule has 8 heteroatoms. The Morgan fingerprint density at radius 1 is 0.968 bits per heavy atom. The molecule has 1 saturated heterocycles. The number of fused-ring (bicyclic) bond motifs is 7. The van der Waals surface area contributed by atoms with Crippen molar-refractivity contribution in [1.29, 1.82) is 0 Å². The number of carboxylic acids is 2. The monoisotopic (exact) mass is 865 g/mol. The van der Waals surface area contributed by atoms with E-state index < -0.39 is 17.4 Å². The third-order valence-electron chi connectivity index (χ3n) is 14.6. The molecule has 326 valence electrons. The number of aliphatic carboxylic acids is 2. The molecule has 0 bridgehead atoms. The van der Waals surface area contributed by atoms with Gasteiger partial charge in [0, 0.05) is 41.7 Å². The van der Waals surface area contributed by atoms with Gasteiger partial charge in [-0.15, -0.1) is 12.3 Å². The molecule has 4 atom stereocenters. The Balaban J connectivity index is 1.29. The second kappa shape index (κ2) is 18.0. The van der Waals surface area contributed by atoms with E-state index in [-0.39, 0.29) is 43.5 Å². The molecule has 2 aliphatic heterocycles. The van der Waals surface area contributed by atoms with Gasteiger partial charge in [-0.2, -0.15) is 4.58 Å². The highest BCUT2D eigenvalue weighted by atomic mass is 35.5. The Kier molecular flexibility index (Phi) is 12.6. The molecule has 4 aliphatic rings. The number of nitrogens with zero attached hydrogens (tertiary/aromatic N) is 2. The van der Waals surface area contributed by atoms with Crippen LogP contribution >= 0.6 is 11.6 Å². The van der Waals surface area contributed by atoms with Gasteiger partial charge in [-0.05, 0) is 120 Å². The highest BCUT2D eigenvalue weighted by Crippen LogP contribution is 2.68. The maximum absolute atomic E-state index is 16.0. The third kappa shape index (κ3) is 8.28. The van der Waals surface area contributed by atoms with Crippen LogP contribution in [0.4, 0.5) is 10.1 Å². The van der Waals surface area contributed by atoms with Crippen LogP contribution in [0.3, 0.4) is 0 Å². The van der Waals surface area contributed by atoms with Gasteiger partial charge in [-0.1, -0.05) is 106 Å². The number of hydrogen-bond donors (Lipinski definition) is 2. The van der Waals surface area contributed by atoms with Crippen LogP contribution in [0.2, 0.25) is 0 Å². The molecule has 0 aromatic heterocycles. The lowest BCUT2D eigenvalue weighted by molar-refractivity contribution is -0.435.